The first-order chi connectivity index (χ1) is 12.7. The number of ether oxygens (including phenoxy) is 1. The normalized spacial score (nSPS) is 12.0. The van der Waals surface area contributed by atoms with Gasteiger partial charge in [0.2, 0.25) is 5.91 Å². The Kier molecular flexibility index (Phi) is 6.22. The monoisotopic (exact) mass is 376 g/mol. The van der Waals surface area contributed by atoms with Gasteiger partial charge in [-0.2, -0.15) is 0 Å². The SMILES string of the molecule is COC(=O)[C@@H](CC(C)C)NC(=O)Cn1cnc2ccc([N+](=O)[O-])cc2c1=O. The minimum Gasteiger partial charge on any atom is -0.467 e. The number of nitrogens with zero attached hydrogens (tertiary/aromatic N) is 3. The largest absolute Gasteiger partial charge is 0.467 e. The average molecular weight is 376 g/mol. The van der Waals surface area contributed by atoms with E-state index in [-0.39, 0.29) is 29.1 Å². The van der Waals surface area contributed by atoms with E-state index in [0.717, 1.165) is 10.6 Å². The molecule has 1 amide bonds. The number of carbonyl (C=O) groups is 2. The number of carbonyl (C=O) groups excluding carboxylic acids is 2. The van der Waals surface area contributed by atoms with Crippen molar-refractivity contribution >= 4 is 28.5 Å². The Balaban J connectivity index is 2.25. The Morgan fingerprint density at radius 2 is 2.07 bits per heavy atom. The number of fused-ring (bicyclic) bond motifs is 1. The van der Waals surface area contributed by atoms with Crippen LogP contribution in [0.5, 0.6) is 0 Å². The number of rotatable bonds is 7. The molecular weight excluding hydrogens is 356 g/mol. The van der Waals surface area contributed by atoms with Crippen molar-refractivity contribution in [3.8, 4) is 0 Å². The number of benzene rings is 1. The highest BCUT2D eigenvalue weighted by Gasteiger charge is 2.23. The minimum absolute atomic E-state index is 0.0335. The maximum absolute atomic E-state index is 12.5. The molecule has 0 saturated heterocycles. The van der Waals surface area contributed by atoms with Crippen LogP contribution in [-0.4, -0.2) is 39.5 Å². The maximum Gasteiger partial charge on any atom is 0.328 e. The number of nitro benzene ring substituents is 1. The molecule has 2 rings (SSSR count). The second kappa shape index (κ2) is 8.39. The summed E-state index contributed by atoms with van der Waals surface area (Å²) in [5.41, 5.74) is -0.543. The second-order valence-corrected chi connectivity index (χ2v) is 6.41. The molecule has 0 aliphatic carbocycles. The molecule has 0 aliphatic heterocycles. The molecule has 1 N–H and O–H groups in total. The van der Waals surface area contributed by atoms with Gasteiger partial charge in [0.1, 0.15) is 12.6 Å². The number of aromatic nitrogens is 2. The smallest absolute Gasteiger partial charge is 0.328 e. The van der Waals surface area contributed by atoms with Gasteiger partial charge in [0, 0.05) is 12.1 Å². The summed E-state index contributed by atoms with van der Waals surface area (Å²) in [5, 5.41) is 13.5. The number of amides is 1. The molecular formula is C17H20N4O6. The molecule has 10 heteroatoms. The molecule has 0 fully saturated rings. The maximum atomic E-state index is 12.5. The Labute approximate surface area is 154 Å². The summed E-state index contributed by atoms with van der Waals surface area (Å²) in [6, 6.07) is 2.91. The summed E-state index contributed by atoms with van der Waals surface area (Å²) < 4.78 is 5.72. The third-order valence-electron chi connectivity index (χ3n) is 3.86. The predicted octanol–water partition coefficient (Wildman–Crippen LogP) is 1.01. The molecule has 1 aromatic heterocycles. The van der Waals surface area contributed by atoms with Crippen LogP contribution in [0.2, 0.25) is 0 Å². The highest BCUT2D eigenvalue weighted by atomic mass is 16.6. The van der Waals surface area contributed by atoms with E-state index in [1.54, 1.807) is 0 Å². The number of methoxy groups -OCH3 is 1. The minimum atomic E-state index is -0.826. The van der Waals surface area contributed by atoms with Gasteiger partial charge >= 0.3 is 5.97 Å². The van der Waals surface area contributed by atoms with E-state index in [2.05, 4.69) is 15.0 Å². The predicted molar refractivity (Wildman–Crippen MR) is 96.1 cm³/mol. The molecule has 144 valence electrons. The molecule has 0 aliphatic rings. The Morgan fingerprint density at radius 3 is 2.67 bits per heavy atom. The molecule has 0 radical (unpaired) electrons. The topological polar surface area (TPSA) is 133 Å². The summed E-state index contributed by atoms with van der Waals surface area (Å²) in [6.45, 7) is 3.41. The van der Waals surface area contributed by atoms with Gasteiger partial charge in [0.25, 0.3) is 11.2 Å². The van der Waals surface area contributed by atoms with Crippen molar-refractivity contribution in [2.45, 2.75) is 32.9 Å². The fourth-order valence-electron chi connectivity index (χ4n) is 2.60. The zero-order valence-electron chi connectivity index (χ0n) is 15.2. The van der Waals surface area contributed by atoms with Crippen LogP contribution in [0.3, 0.4) is 0 Å². The van der Waals surface area contributed by atoms with Crippen LogP contribution in [0.25, 0.3) is 10.9 Å². The Bertz CT molecular complexity index is 937. The van der Waals surface area contributed by atoms with E-state index in [9.17, 15) is 24.5 Å². The number of nitro groups is 1. The van der Waals surface area contributed by atoms with E-state index in [0.29, 0.717) is 6.42 Å². The van der Waals surface area contributed by atoms with E-state index >= 15 is 0 Å². The van der Waals surface area contributed by atoms with Gasteiger partial charge < -0.3 is 10.1 Å². The molecule has 1 heterocycles. The summed E-state index contributed by atoms with van der Waals surface area (Å²) in [6.07, 6.45) is 1.57. The first-order valence-corrected chi connectivity index (χ1v) is 8.23. The number of nitrogens with one attached hydrogen (secondary N) is 1. The van der Waals surface area contributed by atoms with Crippen molar-refractivity contribution in [3.63, 3.8) is 0 Å². The lowest BCUT2D eigenvalue weighted by atomic mass is 10.0. The van der Waals surface area contributed by atoms with Crippen molar-refractivity contribution in [1.29, 1.82) is 0 Å². The van der Waals surface area contributed by atoms with Gasteiger partial charge in [-0.15, -0.1) is 0 Å². The van der Waals surface area contributed by atoms with Crippen LogP contribution in [0, 0.1) is 16.0 Å². The highest BCUT2D eigenvalue weighted by molar-refractivity contribution is 5.85. The fraction of sp³-hybridized carbons (Fsp3) is 0.412. The lowest BCUT2D eigenvalue weighted by molar-refractivity contribution is -0.384. The van der Waals surface area contributed by atoms with Gasteiger partial charge in [-0.1, -0.05) is 13.8 Å². The quantitative estimate of drug-likeness (QED) is 0.433. The van der Waals surface area contributed by atoms with Crippen LogP contribution in [-0.2, 0) is 20.9 Å². The molecule has 1 atom stereocenters. The molecule has 1 aromatic carbocycles. The van der Waals surface area contributed by atoms with Crippen molar-refractivity contribution in [2.75, 3.05) is 7.11 Å². The molecule has 0 bridgehead atoms. The molecule has 10 nitrogen and oxygen atoms in total. The van der Waals surface area contributed by atoms with Crippen molar-refractivity contribution in [3.05, 3.63) is 45.0 Å². The third kappa shape index (κ3) is 4.87. The van der Waals surface area contributed by atoms with Crippen LogP contribution in [0.1, 0.15) is 20.3 Å². The average Bonchev–Trinajstić information content (AvgIpc) is 2.62. The number of non-ortho nitro benzene ring substituents is 1. The molecule has 0 saturated carbocycles. The highest BCUT2D eigenvalue weighted by Crippen LogP contribution is 2.16. The Hall–Kier alpha value is -3.30. The van der Waals surface area contributed by atoms with Gasteiger partial charge in [-0.05, 0) is 18.4 Å². The lowest BCUT2D eigenvalue weighted by Gasteiger charge is -2.18. The number of hydrogen-bond donors (Lipinski definition) is 1. The second-order valence-electron chi connectivity index (χ2n) is 6.41. The zero-order chi connectivity index (χ0) is 20.1. The Morgan fingerprint density at radius 1 is 1.37 bits per heavy atom. The fourth-order valence-corrected chi connectivity index (χ4v) is 2.60. The zero-order valence-corrected chi connectivity index (χ0v) is 15.2. The van der Waals surface area contributed by atoms with E-state index < -0.39 is 28.4 Å². The molecule has 27 heavy (non-hydrogen) atoms. The van der Waals surface area contributed by atoms with Crippen molar-refractivity contribution in [2.24, 2.45) is 5.92 Å². The van der Waals surface area contributed by atoms with E-state index in [1.807, 2.05) is 13.8 Å². The van der Waals surface area contributed by atoms with Crippen molar-refractivity contribution < 1.29 is 19.2 Å². The number of esters is 1. The van der Waals surface area contributed by atoms with Gasteiger partial charge in [-0.3, -0.25) is 24.3 Å². The first-order valence-electron chi connectivity index (χ1n) is 8.23. The first kappa shape index (κ1) is 20.0. The van der Waals surface area contributed by atoms with Crippen LogP contribution >= 0.6 is 0 Å². The number of hydrogen-bond acceptors (Lipinski definition) is 7. The summed E-state index contributed by atoms with van der Waals surface area (Å²) in [7, 11) is 1.23. The third-order valence-corrected chi connectivity index (χ3v) is 3.86. The lowest BCUT2D eigenvalue weighted by Crippen LogP contribution is -2.44. The summed E-state index contributed by atoms with van der Waals surface area (Å²) >= 11 is 0. The van der Waals surface area contributed by atoms with Crippen LogP contribution in [0.4, 0.5) is 5.69 Å². The van der Waals surface area contributed by atoms with Crippen LogP contribution in [0.15, 0.2) is 29.3 Å². The molecule has 2 aromatic rings. The van der Waals surface area contributed by atoms with Crippen molar-refractivity contribution in [1.82, 2.24) is 14.9 Å². The standard InChI is InChI=1S/C17H20N4O6/c1-10(2)6-14(17(24)27-3)19-15(22)8-20-9-18-13-5-4-11(21(25)26)7-12(13)16(20)23/h4-5,7,9-10,14H,6,8H2,1-3H3,(H,19,22)/t14-/m1/s1. The van der Waals surface area contributed by atoms with Crippen LogP contribution < -0.4 is 10.9 Å². The van der Waals surface area contributed by atoms with Gasteiger partial charge in [-0.25, -0.2) is 9.78 Å². The summed E-state index contributed by atoms with van der Waals surface area (Å²) in [5.74, 6) is -1.00. The van der Waals surface area contributed by atoms with Gasteiger partial charge in [0.15, 0.2) is 0 Å². The van der Waals surface area contributed by atoms with E-state index in [4.69, 9.17) is 0 Å². The van der Waals surface area contributed by atoms with E-state index in [1.165, 1.54) is 25.6 Å². The van der Waals surface area contributed by atoms with Gasteiger partial charge in [0.05, 0.1) is 29.3 Å². The molecule has 0 unspecified atom stereocenters. The summed E-state index contributed by atoms with van der Waals surface area (Å²) in [4.78, 5) is 50.9. The molecule has 0 spiro atoms.